The SMILES string of the molecule is CC1CC(=O)N(CCCCCC(=O)NC(C(=O)NC[C-]=O)C(C)C)C1=O.CCCNC(N)=O.O.[Y]. The van der Waals surface area contributed by atoms with Gasteiger partial charge in [0.25, 0.3) is 0 Å². The summed E-state index contributed by atoms with van der Waals surface area (Å²) >= 11 is 0. The molecule has 35 heavy (non-hydrogen) atoms. The fraction of sp³-hybridized carbons (Fsp3) is 0.727. The van der Waals surface area contributed by atoms with Crippen molar-refractivity contribution in [3.05, 3.63) is 0 Å². The molecule has 13 heteroatoms. The summed E-state index contributed by atoms with van der Waals surface area (Å²) < 4.78 is 0. The number of unbranched alkanes of at least 4 members (excludes halogenated alkanes) is 2. The average molecular weight is 575 g/mol. The molecule has 199 valence electrons. The van der Waals surface area contributed by atoms with E-state index in [2.05, 4.69) is 16.0 Å². The minimum Gasteiger partial charge on any atom is -0.540 e. The molecule has 1 radical (unpaired) electrons. The van der Waals surface area contributed by atoms with E-state index in [0.29, 0.717) is 32.4 Å². The van der Waals surface area contributed by atoms with Crippen molar-refractivity contribution < 1.29 is 67.0 Å². The van der Waals surface area contributed by atoms with Crippen LogP contribution in [0, 0.1) is 11.8 Å². The van der Waals surface area contributed by atoms with Gasteiger partial charge in [0, 0.05) is 64.6 Å². The number of nitrogens with one attached hydrogen (secondary N) is 3. The van der Waals surface area contributed by atoms with Crippen LogP contribution >= 0.6 is 0 Å². The molecule has 7 N–H and O–H groups in total. The maximum atomic E-state index is 12.0. The number of hydrogen-bond acceptors (Lipinski definition) is 6. The number of likely N-dealkylation sites (tertiary alicyclic amines) is 1. The number of primary amides is 1. The molecule has 0 bridgehead atoms. The molecule has 0 aromatic carbocycles. The predicted molar refractivity (Wildman–Crippen MR) is 126 cm³/mol. The van der Waals surface area contributed by atoms with Gasteiger partial charge in [-0.15, -0.1) is 0 Å². The van der Waals surface area contributed by atoms with Crippen LogP contribution in [0.5, 0.6) is 0 Å². The second-order valence-corrected chi connectivity index (χ2v) is 8.24. The number of amides is 6. The van der Waals surface area contributed by atoms with Crippen LogP contribution in [0.25, 0.3) is 0 Å². The van der Waals surface area contributed by atoms with Crippen LogP contribution in [0.15, 0.2) is 0 Å². The zero-order valence-corrected chi connectivity index (χ0v) is 24.0. The average Bonchev–Trinajstić information content (AvgIpc) is 2.99. The van der Waals surface area contributed by atoms with Gasteiger partial charge in [0.05, 0.1) is 0 Å². The van der Waals surface area contributed by atoms with Gasteiger partial charge in [0.15, 0.2) is 0 Å². The fourth-order valence-corrected chi connectivity index (χ4v) is 3.08. The van der Waals surface area contributed by atoms with Crippen molar-refractivity contribution in [3.63, 3.8) is 0 Å². The maximum Gasteiger partial charge on any atom is 0.312 e. The first kappa shape index (κ1) is 37.6. The minimum atomic E-state index is -0.697. The molecule has 1 rings (SSSR count). The summed E-state index contributed by atoms with van der Waals surface area (Å²) in [5.41, 5.74) is 4.73. The number of nitrogens with zero attached hydrogens (tertiary/aromatic N) is 1. The van der Waals surface area contributed by atoms with Crippen LogP contribution in [0.3, 0.4) is 0 Å². The van der Waals surface area contributed by atoms with Crippen molar-refractivity contribution in [2.75, 3.05) is 19.6 Å². The van der Waals surface area contributed by atoms with E-state index in [-0.39, 0.29) is 87.1 Å². The molecule has 0 aliphatic carbocycles. The van der Waals surface area contributed by atoms with E-state index in [1.165, 1.54) is 4.90 Å². The molecule has 2 unspecified atom stereocenters. The second kappa shape index (κ2) is 21.4. The molecule has 1 saturated heterocycles. The van der Waals surface area contributed by atoms with Crippen molar-refractivity contribution in [2.24, 2.45) is 17.6 Å². The summed E-state index contributed by atoms with van der Waals surface area (Å²) in [6.45, 7) is 8.19. The van der Waals surface area contributed by atoms with E-state index in [1.807, 2.05) is 6.92 Å². The zero-order chi connectivity index (χ0) is 25.4. The van der Waals surface area contributed by atoms with Gasteiger partial charge in [-0.3, -0.25) is 24.1 Å². The summed E-state index contributed by atoms with van der Waals surface area (Å²) in [5.74, 6) is -1.23. The molecule has 6 amide bonds. The van der Waals surface area contributed by atoms with E-state index in [9.17, 15) is 28.8 Å². The van der Waals surface area contributed by atoms with E-state index in [4.69, 9.17) is 5.73 Å². The van der Waals surface area contributed by atoms with Gasteiger partial charge >= 0.3 is 6.03 Å². The standard InChI is InChI=1S/C18H28N3O5.C4H10N2O.H2O.Y/c1-12(2)16(17(25)19-8-10-22)20-14(23)7-5-4-6-9-21-15(24)11-13(3)18(21)26;1-2-3-6-4(5)7;;/h12-13,16H,4-9,11H2,1-3H3,(H,19,25)(H,20,23);2-3H2,1H3,(H3,5,6,7);1H2;/q-1;;;. The Balaban J connectivity index is -0.000000993. The molecule has 1 fully saturated rings. The summed E-state index contributed by atoms with van der Waals surface area (Å²) in [6.07, 6.45) is 5.01. The van der Waals surface area contributed by atoms with Crippen molar-refractivity contribution >= 4 is 35.9 Å². The number of imide groups is 1. The Morgan fingerprint density at radius 3 is 2.20 bits per heavy atom. The molecule has 1 aliphatic rings. The number of carbonyl (C=O) groups excluding carboxylic acids is 6. The summed E-state index contributed by atoms with van der Waals surface area (Å²) in [6, 6.07) is -1.14. The summed E-state index contributed by atoms with van der Waals surface area (Å²) in [7, 11) is 0. The zero-order valence-electron chi connectivity index (χ0n) is 21.1. The predicted octanol–water partition coefficient (Wildman–Crippen LogP) is -0.454. The van der Waals surface area contributed by atoms with Crippen LogP contribution < -0.4 is 21.7 Å². The van der Waals surface area contributed by atoms with Gasteiger partial charge in [0.1, 0.15) is 6.04 Å². The Kier molecular flexibility index (Phi) is 23.0. The van der Waals surface area contributed by atoms with Crippen molar-refractivity contribution in [1.29, 1.82) is 0 Å². The molecule has 0 saturated carbocycles. The molecule has 0 aromatic rings. The first-order valence-corrected chi connectivity index (χ1v) is 11.3. The monoisotopic (exact) mass is 575 g/mol. The Morgan fingerprint density at radius 1 is 1.14 bits per heavy atom. The molecule has 1 aliphatic heterocycles. The normalized spacial score (nSPS) is 15.1. The first-order chi connectivity index (χ1) is 15.5. The van der Waals surface area contributed by atoms with Crippen molar-refractivity contribution in [1.82, 2.24) is 20.9 Å². The second-order valence-electron chi connectivity index (χ2n) is 8.24. The molecular weight excluding hydrogens is 535 g/mol. The summed E-state index contributed by atoms with van der Waals surface area (Å²) in [5, 5.41) is 7.50. The number of nitrogens with two attached hydrogens (primary N) is 1. The third-order valence-corrected chi connectivity index (χ3v) is 4.90. The van der Waals surface area contributed by atoms with E-state index in [0.717, 1.165) is 6.42 Å². The fourth-order valence-electron chi connectivity index (χ4n) is 3.08. The van der Waals surface area contributed by atoms with Crippen LogP contribution in [-0.2, 0) is 56.7 Å². The Bertz CT molecular complexity index is 691. The molecule has 0 aromatic heterocycles. The van der Waals surface area contributed by atoms with Crippen LogP contribution in [0.4, 0.5) is 4.79 Å². The van der Waals surface area contributed by atoms with Gasteiger partial charge in [-0.2, -0.15) is 0 Å². The largest absolute Gasteiger partial charge is 0.540 e. The topological polar surface area (TPSA) is 199 Å². The van der Waals surface area contributed by atoms with Gasteiger partial charge in [-0.1, -0.05) is 40.7 Å². The number of hydrogen-bond donors (Lipinski definition) is 4. The molecular formula is C22H40N5O7Y-. The third kappa shape index (κ3) is 16.4. The number of rotatable bonds is 13. The van der Waals surface area contributed by atoms with Crippen LogP contribution in [-0.4, -0.2) is 72.0 Å². The third-order valence-electron chi connectivity index (χ3n) is 4.90. The van der Waals surface area contributed by atoms with Gasteiger partial charge < -0.3 is 32.0 Å². The maximum absolute atomic E-state index is 12.0. The van der Waals surface area contributed by atoms with Crippen LogP contribution in [0.2, 0.25) is 0 Å². The summed E-state index contributed by atoms with van der Waals surface area (Å²) in [4.78, 5) is 68.8. The Hall–Kier alpha value is -1.92. The van der Waals surface area contributed by atoms with E-state index in [1.54, 1.807) is 27.1 Å². The van der Waals surface area contributed by atoms with Gasteiger partial charge in [0.2, 0.25) is 23.6 Å². The first-order valence-electron chi connectivity index (χ1n) is 11.3. The smallest absolute Gasteiger partial charge is 0.312 e. The van der Waals surface area contributed by atoms with Gasteiger partial charge in [-0.05, 0) is 25.2 Å². The van der Waals surface area contributed by atoms with E-state index < -0.39 is 18.0 Å². The molecule has 2 atom stereocenters. The molecule has 1 heterocycles. The van der Waals surface area contributed by atoms with Gasteiger partial charge in [-0.25, -0.2) is 11.1 Å². The minimum absolute atomic E-state index is 0. The Labute approximate surface area is 232 Å². The van der Waals surface area contributed by atoms with E-state index >= 15 is 0 Å². The van der Waals surface area contributed by atoms with Crippen LogP contribution in [0.1, 0.15) is 66.2 Å². The number of urea groups is 1. The molecule has 0 spiro atoms. The molecule has 12 nitrogen and oxygen atoms in total. The number of carbonyl (C=O) groups is 5. The quantitative estimate of drug-likeness (QED) is 0.130. The Morgan fingerprint density at radius 2 is 1.77 bits per heavy atom. The van der Waals surface area contributed by atoms with Crippen molar-refractivity contribution in [2.45, 2.75) is 72.3 Å². The van der Waals surface area contributed by atoms with Crippen molar-refractivity contribution in [3.8, 4) is 0 Å².